The van der Waals surface area contributed by atoms with Crippen LogP contribution in [0, 0.1) is 10.1 Å². The van der Waals surface area contributed by atoms with Crippen LogP contribution in [0.25, 0.3) is 0 Å². The topological polar surface area (TPSA) is 129 Å². The van der Waals surface area contributed by atoms with Crippen LogP contribution in [0.15, 0.2) is 24.3 Å². The van der Waals surface area contributed by atoms with Crippen LogP contribution in [0.4, 0.5) is 5.69 Å². The second kappa shape index (κ2) is 7.39. The van der Waals surface area contributed by atoms with E-state index in [4.69, 9.17) is 18.9 Å². The number of rotatable bonds is 4. The smallest absolute Gasteiger partial charge is 0.269 e. The van der Waals surface area contributed by atoms with E-state index in [9.17, 15) is 20.0 Å². The van der Waals surface area contributed by atoms with Gasteiger partial charge in [-0.3, -0.25) is 14.9 Å². The molecular formula is C17H22N2O8. The van der Waals surface area contributed by atoms with Gasteiger partial charge in [0.25, 0.3) is 5.69 Å². The van der Waals surface area contributed by atoms with Crippen LogP contribution in [0.3, 0.4) is 0 Å². The first-order chi connectivity index (χ1) is 12.7. The van der Waals surface area contributed by atoms with Crippen LogP contribution in [-0.4, -0.2) is 59.0 Å². The molecule has 2 N–H and O–H groups in total. The molecule has 10 nitrogen and oxygen atoms in total. The predicted octanol–water partition coefficient (Wildman–Crippen LogP) is 0.716. The van der Waals surface area contributed by atoms with Gasteiger partial charge >= 0.3 is 0 Å². The molecule has 1 amide bonds. The Morgan fingerprint density at radius 1 is 1.37 bits per heavy atom. The summed E-state index contributed by atoms with van der Waals surface area (Å²) < 4.78 is 22.9. The fourth-order valence-electron chi connectivity index (χ4n) is 3.11. The van der Waals surface area contributed by atoms with E-state index >= 15 is 0 Å². The van der Waals surface area contributed by atoms with Gasteiger partial charge in [0.05, 0.1) is 11.5 Å². The third-order valence-corrected chi connectivity index (χ3v) is 4.36. The van der Waals surface area contributed by atoms with Crippen molar-refractivity contribution >= 4 is 11.6 Å². The van der Waals surface area contributed by atoms with Crippen molar-refractivity contribution in [1.29, 1.82) is 0 Å². The predicted molar refractivity (Wildman–Crippen MR) is 90.9 cm³/mol. The van der Waals surface area contributed by atoms with Crippen LogP contribution in [0.2, 0.25) is 0 Å². The third-order valence-electron chi connectivity index (χ3n) is 4.36. The lowest BCUT2D eigenvalue weighted by Crippen LogP contribution is -2.69. The van der Waals surface area contributed by atoms with Crippen LogP contribution >= 0.6 is 0 Å². The highest BCUT2D eigenvalue weighted by molar-refractivity contribution is 5.73. The van der Waals surface area contributed by atoms with Crippen LogP contribution in [0.5, 0.6) is 5.75 Å². The number of nitrogens with one attached hydrogen (secondary N) is 1. The molecule has 0 radical (unpaired) electrons. The number of nitrogens with zero attached hydrogens (tertiary/aromatic N) is 1. The van der Waals surface area contributed by atoms with Gasteiger partial charge in [-0.05, 0) is 26.0 Å². The molecule has 2 aliphatic heterocycles. The summed E-state index contributed by atoms with van der Waals surface area (Å²) in [5.41, 5.74) is -0.0817. The Morgan fingerprint density at radius 3 is 2.63 bits per heavy atom. The number of ether oxygens (including phenoxy) is 4. The van der Waals surface area contributed by atoms with Gasteiger partial charge in [-0.15, -0.1) is 0 Å². The van der Waals surface area contributed by atoms with Gasteiger partial charge in [0.1, 0.15) is 30.1 Å². The lowest BCUT2D eigenvalue weighted by Gasteiger charge is -2.49. The van der Waals surface area contributed by atoms with Crippen molar-refractivity contribution in [2.45, 2.75) is 57.2 Å². The van der Waals surface area contributed by atoms with E-state index in [1.54, 1.807) is 13.8 Å². The van der Waals surface area contributed by atoms with E-state index in [0.29, 0.717) is 5.75 Å². The number of benzene rings is 1. The number of aliphatic hydroxyl groups excluding tert-OH is 1. The van der Waals surface area contributed by atoms with Crippen molar-refractivity contribution in [3.05, 3.63) is 34.4 Å². The zero-order valence-electron chi connectivity index (χ0n) is 15.2. The van der Waals surface area contributed by atoms with E-state index in [0.717, 1.165) is 0 Å². The SMILES string of the molecule is CC(=O)N[C@H]1[C@@H](Oc2ccc([N+](=O)[O-])cc2)O[C@@H]2COC(C)(C)O[C@@H]2[C@H]1O. The fourth-order valence-corrected chi connectivity index (χ4v) is 3.11. The summed E-state index contributed by atoms with van der Waals surface area (Å²) in [6.07, 6.45) is -3.43. The molecule has 2 aliphatic rings. The maximum atomic E-state index is 11.6. The van der Waals surface area contributed by atoms with Crippen molar-refractivity contribution in [3.63, 3.8) is 0 Å². The molecule has 2 fully saturated rings. The number of fused-ring (bicyclic) bond motifs is 1. The van der Waals surface area contributed by atoms with Gasteiger partial charge in [-0.25, -0.2) is 0 Å². The number of carbonyl (C=O) groups excluding carboxylic acids is 1. The molecule has 0 bridgehead atoms. The highest BCUT2D eigenvalue weighted by Gasteiger charge is 2.52. The van der Waals surface area contributed by atoms with Crippen LogP contribution in [0.1, 0.15) is 20.8 Å². The highest BCUT2D eigenvalue weighted by Crippen LogP contribution is 2.33. The number of nitro groups is 1. The van der Waals surface area contributed by atoms with Crippen molar-refractivity contribution < 1.29 is 33.8 Å². The minimum atomic E-state index is -1.10. The maximum absolute atomic E-state index is 11.6. The Hall–Kier alpha value is -2.27. The third kappa shape index (κ3) is 4.35. The van der Waals surface area contributed by atoms with Gasteiger partial charge in [-0.2, -0.15) is 0 Å². The molecule has 0 aliphatic carbocycles. The summed E-state index contributed by atoms with van der Waals surface area (Å²) in [5, 5.41) is 24.2. The molecule has 1 aromatic rings. The molecule has 2 saturated heterocycles. The van der Waals surface area contributed by atoms with Crippen LogP contribution in [-0.2, 0) is 19.0 Å². The number of non-ortho nitro benzene ring substituents is 1. The Labute approximate surface area is 155 Å². The zero-order chi connectivity index (χ0) is 19.8. The summed E-state index contributed by atoms with van der Waals surface area (Å²) >= 11 is 0. The van der Waals surface area contributed by atoms with Gasteiger partial charge in [-0.1, -0.05) is 0 Å². The normalized spacial score (nSPS) is 32.2. The number of hydrogen-bond donors (Lipinski definition) is 2. The molecule has 10 heteroatoms. The zero-order valence-corrected chi connectivity index (χ0v) is 15.2. The summed E-state index contributed by atoms with van der Waals surface area (Å²) in [6.45, 7) is 4.95. The van der Waals surface area contributed by atoms with E-state index in [1.165, 1.54) is 31.2 Å². The Morgan fingerprint density at radius 2 is 2.04 bits per heavy atom. The Kier molecular flexibility index (Phi) is 5.33. The van der Waals surface area contributed by atoms with Crippen molar-refractivity contribution in [1.82, 2.24) is 5.32 Å². The Balaban J connectivity index is 1.79. The molecule has 27 heavy (non-hydrogen) atoms. The van der Waals surface area contributed by atoms with E-state index in [1.807, 2.05) is 0 Å². The number of hydrogen-bond acceptors (Lipinski definition) is 8. The first-order valence-corrected chi connectivity index (χ1v) is 8.50. The average molecular weight is 382 g/mol. The average Bonchev–Trinajstić information content (AvgIpc) is 2.59. The number of carbonyl (C=O) groups is 1. The molecule has 5 atom stereocenters. The lowest BCUT2D eigenvalue weighted by molar-refractivity contribution is -0.384. The fraction of sp³-hybridized carbons (Fsp3) is 0.588. The standard InChI is InChI=1S/C17H22N2O8/c1-9(20)18-13-14(21)15-12(8-24-17(2,3)27-15)26-16(13)25-11-6-4-10(5-7-11)19(22)23/h4-7,12-16,21H,8H2,1-3H3,(H,18,20)/t12-,13-,14+,15+,16+/m1/s1. The molecule has 0 saturated carbocycles. The first-order valence-electron chi connectivity index (χ1n) is 8.50. The lowest BCUT2D eigenvalue weighted by atomic mass is 9.95. The first kappa shape index (κ1) is 19.5. The molecule has 1 aromatic carbocycles. The summed E-state index contributed by atoms with van der Waals surface area (Å²) in [5.74, 6) is -0.965. The second-order valence-electron chi connectivity index (χ2n) is 6.92. The van der Waals surface area contributed by atoms with Crippen molar-refractivity contribution in [2.75, 3.05) is 6.61 Å². The number of nitro benzene ring substituents is 1. The van der Waals surface area contributed by atoms with Crippen molar-refractivity contribution in [3.8, 4) is 5.75 Å². The minimum absolute atomic E-state index is 0.0817. The highest BCUT2D eigenvalue weighted by atomic mass is 16.8. The maximum Gasteiger partial charge on any atom is 0.269 e. The van der Waals surface area contributed by atoms with Gasteiger partial charge in [0, 0.05) is 19.1 Å². The van der Waals surface area contributed by atoms with E-state index < -0.39 is 41.4 Å². The monoisotopic (exact) mass is 382 g/mol. The van der Waals surface area contributed by atoms with Crippen molar-refractivity contribution in [2.24, 2.45) is 0 Å². The van der Waals surface area contributed by atoms with E-state index in [2.05, 4.69) is 5.32 Å². The summed E-state index contributed by atoms with van der Waals surface area (Å²) in [4.78, 5) is 21.8. The molecule has 2 heterocycles. The van der Waals surface area contributed by atoms with Crippen LogP contribution < -0.4 is 10.1 Å². The number of aliphatic hydroxyl groups is 1. The molecule has 148 valence electrons. The van der Waals surface area contributed by atoms with Gasteiger partial charge in [0.2, 0.25) is 12.2 Å². The Bertz CT molecular complexity index is 707. The second-order valence-corrected chi connectivity index (χ2v) is 6.92. The molecule has 3 rings (SSSR count). The quantitative estimate of drug-likeness (QED) is 0.575. The molecular weight excluding hydrogens is 360 g/mol. The number of amides is 1. The van der Waals surface area contributed by atoms with Gasteiger partial charge < -0.3 is 29.4 Å². The molecule has 0 unspecified atom stereocenters. The summed E-state index contributed by atoms with van der Waals surface area (Å²) in [6, 6.07) is 4.52. The molecule has 0 aromatic heterocycles. The minimum Gasteiger partial charge on any atom is -0.463 e. The summed E-state index contributed by atoms with van der Waals surface area (Å²) in [7, 11) is 0. The van der Waals surface area contributed by atoms with E-state index in [-0.39, 0.29) is 18.2 Å². The largest absolute Gasteiger partial charge is 0.463 e. The molecule has 0 spiro atoms. The van der Waals surface area contributed by atoms with Gasteiger partial charge in [0.15, 0.2) is 5.79 Å².